The van der Waals surface area contributed by atoms with E-state index in [1.165, 1.54) is 0 Å². The molecule has 1 fully saturated rings. The fourth-order valence-electron chi connectivity index (χ4n) is 4.69. The minimum atomic E-state index is -0.160. The first-order valence-corrected chi connectivity index (χ1v) is 12.1. The van der Waals surface area contributed by atoms with Gasteiger partial charge in [-0.1, -0.05) is 24.3 Å². The molecule has 0 atom stereocenters. The summed E-state index contributed by atoms with van der Waals surface area (Å²) < 4.78 is 18.8. The number of rotatable bonds is 6. The van der Waals surface area contributed by atoms with Crippen molar-refractivity contribution in [2.75, 3.05) is 50.9 Å². The average molecular weight is 491 g/mol. The Kier molecular flexibility index (Phi) is 6.54. The maximum Gasteiger partial charge on any atom is 0.263 e. The van der Waals surface area contributed by atoms with Crippen LogP contribution in [0.3, 0.4) is 0 Å². The lowest BCUT2D eigenvalue weighted by Gasteiger charge is -2.36. The topological polar surface area (TPSA) is 86.1 Å². The molecule has 0 N–H and O–H groups in total. The molecule has 2 aliphatic heterocycles. The standard InChI is InChI=1S/C27H30N4O5/c1-4-8-31-26(33)20-15-22-23(35-14-13-34-22)16-21(20)28-27(31)30-11-9-29(10-12-30)24(32)17-36-25-18(2)6-5-7-19(25)3/h4-7,15-16H,1,8-14,17H2,2-3H3. The van der Waals surface area contributed by atoms with E-state index in [1.54, 1.807) is 27.7 Å². The first-order chi connectivity index (χ1) is 17.5. The highest BCUT2D eigenvalue weighted by atomic mass is 16.6. The van der Waals surface area contributed by atoms with Crippen LogP contribution in [0.1, 0.15) is 11.1 Å². The third kappa shape index (κ3) is 4.48. The fraction of sp³-hybridized carbons (Fsp3) is 0.370. The highest BCUT2D eigenvalue weighted by Gasteiger charge is 2.26. The summed E-state index contributed by atoms with van der Waals surface area (Å²) in [4.78, 5) is 34.9. The lowest BCUT2D eigenvalue weighted by Crippen LogP contribution is -2.51. The number of carbonyl (C=O) groups is 1. The number of aryl methyl sites for hydroxylation is 2. The van der Waals surface area contributed by atoms with E-state index in [1.807, 2.05) is 36.9 Å². The number of para-hydroxylation sites is 1. The van der Waals surface area contributed by atoms with Crippen LogP contribution in [0.15, 0.2) is 47.8 Å². The SMILES string of the molecule is C=CCn1c(N2CCN(C(=O)COc3c(C)cccc3C)CC2)nc2cc3c(cc2c1=O)OCCO3. The highest BCUT2D eigenvalue weighted by Crippen LogP contribution is 2.33. The van der Waals surface area contributed by atoms with Crippen LogP contribution in [0.25, 0.3) is 10.9 Å². The number of hydrogen-bond donors (Lipinski definition) is 0. The van der Waals surface area contributed by atoms with Crippen molar-refractivity contribution in [3.63, 3.8) is 0 Å². The van der Waals surface area contributed by atoms with Gasteiger partial charge in [-0.2, -0.15) is 0 Å². The van der Waals surface area contributed by atoms with Crippen LogP contribution >= 0.6 is 0 Å². The van der Waals surface area contributed by atoms with Gasteiger partial charge in [0.2, 0.25) is 5.95 Å². The first-order valence-electron chi connectivity index (χ1n) is 12.1. The number of ether oxygens (including phenoxy) is 3. The molecule has 1 amide bonds. The van der Waals surface area contributed by atoms with Gasteiger partial charge in [0.1, 0.15) is 19.0 Å². The summed E-state index contributed by atoms with van der Waals surface area (Å²) in [7, 11) is 0. The molecule has 2 aliphatic rings. The number of anilines is 1. The summed E-state index contributed by atoms with van der Waals surface area (Å²) in [5.74, 6) is 2.40. The van der Waals surface area contributed by atoms with Crippen molar-refractivity contribution in [2.24, 2.45) is 0 Å². The number of amides is 1. The van der Waals surface area contributed by atoms with E-state index in [0.717, 1.165) is 16.9 Å². The number of carbonyl (C=O) groups excluding carboxylic acids is 1. The average Bonchev–Trinajstić information content (AvgIpc) is 2.89. The molecule has 9 nitrogen and oxygen atoms in total. The second-order valence-corrected chi connectivity index (χ2v) is 9.01. The number of fused-ring (bicyclic) bond motifs is 2. The zero-order valence-electron chi connectivity index (χ0n) is 20.7. The normalized spacial score (nSPS) is 15.2. The minimum Gasteiger partial charge on any atom is -0.486 e. The van der Waals surface area contributed by atoms with Crippen LogP contribution in [0.5, 0.6) is 17.2 Å². The molecule has 0 unspecified atom stereocenters. The minimum absolute atomic E-state index is 0.00568. The molecule has 0 bridgehead atoms. The quantitative estimate of drug-likeness (QED) is 0.491. The zero-order chi connectivity index (χ0) is 25.2. The lowest BCUT2D eigenvalue weighted by atomic mass is 10.1. The van der Waals surface area contributed by atoms with Gasteiger partial charge in [-0.3, -0.25) is 14.2 Å². The highest BCUT2D eigenvalue weighted by molar-refractivity contribution is 5.83. The second kappa shape index (κ2) is 9.93. The van der Waals surface area contributed by atoms with Crippen molar-refractivity contribution in [3.05, 3.63) is 64.5 Å². The molecule has 0 aliphatic carbocycles. The summed E-state index contributed by atoms with van der Waals surface area (Å²) in [6.45, 7) is 11.1. The van der Waals surface area contributed by atoms with Gasteiger partial charge in [0.15, 0.2) is 18.1 Å². The Morgan fingerprint density at radius 2 is 1.75 bits per heavy atom. The molecule has 0 radical (unpaired) electrons. The summed E-state index contributed by atoms with van der Waals surface area (Å²) in [5.41, 5.74) is 2.41. The smallest absolute Gasteiger partial charge is 0.263 e. The number of aromatic nitrogens is 2. The van der Waals surface area contributed by atoms with Crippen molar-refractivity contribution >= 4 is 22.8 Å². The van der Waals surface area contributed by atoms with Crippen LogP contribution < -0.4 is 24.7 Å². The lowest BCUT2D eigenvalue weighted by molar-refractivity contribution is -0.133. The van der Waals surface area contributed by atoms with Gasteiger partial charge in [0.25, 0.3) is 11.5 Å². The molecular weight excluding hydrogens is 460 g/mol. The Balaban J connectivity index is 1.33. The van der Waals surface area contributed by atoms with Gasteiger partial charge in [-0.25, -0.2) is 4.98 Å². The van der Waals surface area contributed by atoms with Crippen molar-refractivity contribution in [2.45, 2.75) is 20.4 Å². The Hall–Kier alpha value is -4.01. The molecule has 1 aromatic heterocycles. The molecule has 1 saturated heterocycles. The van der Waals surface area contributed by atoms with Gasteiger partial charge in [0.05, 0.1) is 10.9 Å². The molecule has 2 aromatic carbocycles. The van der Waals surface area contributed by atoms with Crippen LogP contribution in [-0.2, 0) is 11.3 Å². The van der Waals surface area contributed by atoms with Gasteiger partial charge in [0, 0.05) is 38.8 Å². The van der Waals surface area contributed by atoms with E-state index < -0.39 is 0 Å². The second-order valence-electron chi connectivity index (χ2n) is 9.01. The maximum atomic E-state index is 13.4. The number of piperazine rings is 1. The maximum absolute atomic E-state index is 13.4. The monoisotopic (exact) mass is 490 g/mol. The molecule has 0 saturated carbocycles. The Morgan fingerprint density at radius 3 is 2.42 bits per heavy atom. The predicted octanol–water partition coefficient (Wildman–Crippen LogP) is 2.70. The van der Waals surface area contributed by atoms with E-state index in [4.69, 9.17) is 19.2 Å². The molecule has 9 heteroatoms. The summed E-state index contributed by atoms with van der Waals surface area (Å²) in [6, 6.07) is 9.38. The number of hydrogen-bond acceptors (Lipinski definition) is 7. The van der Waals surface area contributed by atoms with Gasteiger partial charge in [-0.15, -0.1) is 6.58 Å². The fourth-order valence-corrected chi connectivity index (χ4v) is 4.69. The zero-order valence-corrected chi connectivity index (χ0v) is 20.7. The van der Waals surface area contributed by atoms with E-state index >= 15 is 0 Å². The largest absolute Gasteiger partial charge is 0.486 e. The summed E-state index contributed by atoms with van der Waals surface area (Å²) in [5, 5.41) is 0.474. The summed E-state index contributed by atoms with van der Waals surface area (Å²) >= 11 is 0. The third-order valence-corrected chi connectivity index (χ3v) is 6.57. The molecule has 3 heterocycles. The first kappa shape index (κ1) is 23.7. The van der Waals surface area contributed by atoms with Crippen molar-refractivity contribution in [1.82, 2.24) is 14.5 Å². The molecule has 0 spiro atoms. The number of nitrogens with zero attached hydrogens (tertiary/aromatic N) is 4. The Labute approximate surface area is 209 Å². The number of benzene rings is 2. The molecule has 5 rings (SSSR count). The van der Waals surface area contributed by atoms with Crippen LogP contribution in [0.2, 0.25) is 0 Å². The van der Waals surface area contributed by atoms with E-state index in [2.05, 4.69) is 6.58 Å². The Bertz CT molecular complexity index is 1350. The van der Waals surface area contributed by atoms with E-state index in [0.29, 0.717) is 74.3 Å². The molecule has 188 valence electrons. The molecule has 36 heavy (non-hydrogen) atoms. The Morgan fingerprint density at radius 1 is 1.08 bits per heavy atom. The van der Waals surface area contributed by atoms with Crippen LogP contribution in [0, 0.1) is 13.8 Å². The van der Waals surface area contributed by atoms with E-state index in [-0.39, 0.29) is 18.1 Å². The predicted molar refractivity (Wildman–Crippen MR) is 137 cm³/mol. The van der Waals surface area contributed by atoms with E-state index in [9.17, 15) is 9.59 Å². The van der Waals surface area contributed by atoms with Crippen molar-refractivity contribution < 1.29 is 19.0 Å². The van der Waals surface area contributed by atoms with Crippen molar-refractivity contribution in [1.29, 1.82) is 0 Å². The summed E-state index contributed by atoms with van der Waals surface area (Å²) in [6.07, 6.45) is 1.68. The number of allylic oxidation sites excluding steroid dienone is 1. The third-order valence-electron chi connectivity index (χ3n) is 6.57. The van der Waals surface area contributed by atoms with Crippen LogP contribution in [-0.4, -0.2) is 66.4 Å². The molecule has 3 aromatic rings. The molecular formula is C27H30N4O5. The van der Waals surface area contributed by atoms with Gasteiger partial charge < -0.3 is 24.0 Å². The van der Waals surface area contributed by atoms with Crippen LogP contribution in [0.4, 0.5) is 5.95 Å². The van der Waals surface area contributed by atoms with Gasteiger partial charge >= 0.3 is 0 Å². The van der Waals surface area contributed by atoms with Gasteiger partial charge in [-0.05, 0) is 31.0 Å². The van der Waals surface area contributed by atoms with Crippen molar-refractivity contribution in [3.8, 4) is 17.2 Å².